The fourth-order valence-corrected chi connectivity index (χ4v) is 7.61. The van der Waals surface area contributed by atoms with Gasteiger partial charge in [-0.1, -0.05) is 158 Å². The topological polar surface area (TPSA) is 13.1 Å². The Bertz CT molecular complexity index is 3080. The quantitative estimate of drug-likeness (QED) is 0.177. The first-order valence-electron chi connectivity index (χ1n) is 18.9. The van der Waals surface area contributed by atoms with Crippen LogP contribution < -0.4 is 0 Å². The van der Waals surface area contributed by atoms with Crippen LogP contribution in [0.5, 0.6) is 0 Å². The first-order chi connectivity index (χ1) is 26.4. The Kier molecular flexibility index (Phi) is 5.20. The lowest BCUT2D eigenvalue weighted by molar-refractivity contribution is 0.669. The van der Waals surface area contributed by atoms with Gasteiger partial charge in [0, 0.05) is 10.8 Å². The summed E-state index contributed by atoms with van der Waals surface area (Å²) < 4.78 is 49.8. The summed E-state index contributed by atoms with van der Waals surface area (Å²) in [7, 11) is 0. The third-order valence-corrected chi connectivity index (χ3v) is 9.73. The molecule has 10 aromatic rings. The lowest BCUT2D eigenvalue weighted by atomic mass is 9.83. The third-order valence-electron chi connectivity index (χ3n) is 9.73. The second-order valence-corrected chi connectivity index (χ2v) is 12.4. The normalized spacial score (nSPS) is 13.1. The summed E-state index contributed by atoms with van der Waals surface area (Å²) in [6.45, 7) is 0. The molecule has 49 heavy (non-hydrogen) atoms. The van der Waals surface area contributed by atoms with E-state index in [1.807, 2.05) is 54.6 Å². The van der Waals surface area contributed by atoms with Gasteiger partial charge in [-0.25, -0.2) is 0 Å². The van der Waals surface area contributed by atoms with Crippen molar-refractivity contribution in [1.82, 2.24) is 0 Å². The summed E-state index contributed by atoms with van der Waals surface area (Å²) in [4.78, 5) is 0. The predicted octanol–water partition coefficient (Wildman–Crippen LogP) is 13.7. The van der Waals surface area contributed by atoms with Crippen molar-refractivity contribution in [3.63, 3.8) is 0 Å². The van der Waals surface area contributed by atoms with Crippen molar-refractivity contribution in [2.24, 2.45) is 0 Å². The van der Waals surface area contributed by atoms with E-state index in [4.69, 9.17) is 11.3 Å². The highest BCUT2D eigenvalue weighted by atomic mass is 16.3. The zero-order chi connectivity index (χ0) is 36.7. The van der Waals surface area contributed by atoms with Gasteiger partial charge < -0.3 is 4.42 Å². The van der Waals surface area contributed by atoms with Crippen LogP contribution in [0.25, 0.3) is 98.8 Å². The third kappa shape index (κ3) is 4.40. The number of furan rings is 1. The Morgan fingerprint density at radius 3 is 1.71 bits per heavy atom. The molecule has 1 heterocycles. The van der Waals surface area contributed by atoms with Crippen LogP contribution in [-0.4, -0.2) is 0 Å². The van der Waals surface area contributed by atoms with Gasteiger partial charge in [-0.3, -0.25) is 0 Å². The molecule has 0 N–H and O–H groups in total. The molecule has 1 heteroatoms. The average molecular weight is 628 g/mol. The highest BCUT2D eigenvalue weighted by Crippen LogP contribution is 2.48. The second kappa shape index (κ2) is 11.1. The Morgan fingerprint density at radius 1 is 0.367 bits per heavy atom. The summed E-state index contributed by atoms with van der Waals surface area (Å²) in [5.41, 5.74) is 8.20. The summed E-state index contributed by atoms with van der Waals surface area (Å²) in [5, 5.41) is 8.65. The van der Waals surface area contributed by atoms with E-state index < -0.39 is 6.04 Å². The minimum atomic E-state index is -0.410. The molecular formula is C48H30O. The van der Waals surface area contributed by atoms with E-state index >= 15 is 0 Å². The number of benzene rings is 9. The van der Waals surface area contributed by atoms with Crippen LogP contribution in [-0.2, 0) is 0 Å². The van der Waals surface area contributed by atoms with Gasteiger partial charge in [0.05, 0.1) is 6.85 Å². The average Bonchev–Trinajstić information content (AvgIpc) is 3.58. The van der Waals surface area contributed by atoms with E-state index in [1.54, 1.807) is 0 Å². The molecule has 0 saturated carbocycles. The smallest absolute Gasteiger partial charge is 0.136 e. The Labute approximate surface area is 291 Å². The number of fused-ring (bicyclic) bond motifs is 6. The molecular weight excluding hydrogens is 593 g/mol. The zero-order valence-electron chi connectivity index (χ0n) is 31.3. The fraction of sp³-hybridized carbons (Fsp3) is 0. The molecule has 0 amide bonds. The highest BCUT2D eigenvalue weighted by Gasteiger charge is 2.21. The predicted molar refractivity (Wildman–Crippen MR) is 208 cm³/mol. The van der Waals surface area contributed by atoms with Crippen molar-refractivity contribution in [1.29, 1.82) is 0 Å². The molecule has 1 aromatic heterocycles. The molecule has 0 radical (unpaired) electrons. The van der Waals surface area contributed by atoms with Crippen molar-refractivity contribution in [2.75, 3.05) is 0 Å². The van der Waals surface area contributed by atoms with Gasteiger partial charge in [-0.05, 0) is 101 Å². The lowest BCUT2D eigenvalue weighted by Crippen LogP contribution is -1.93. The van der Waals surface area contributed by atoms with E-state index in [0.717, 1.165) is 87.6 Å². The maximum absolute atomic E-state index is 8.97. The maximum Gasteiger partial charge on any atom is 0.136 e. The van der Waals surface area contributed by atoms with Gasteiger partial charge in [0.2, 0.25) is 0 Å². The molecule has 10 rings (SSSR count). The van der Waals surface area contributed by atoms with Crippen LogP contribution in [0.15, 0.2) is 186 Å². The molecule has 0 atom stereocenters. The van der Waals surface area contributed by atoms with Crippen molar-refractivity contribution in [2.45, 2.75) is 0 Å². The minimum Gasteiger partial charge on any atom is -0.456 e. The van der Waals surface area contributed by atoms with Crippen molar-refractivity contribution in [3.8, 4) is 44.5 Å². The van der Waals surface area contributed by atoms with E-state index in [0.29, 0.717) is 5.56 Å². The molecule has 9 aromatic carbocycles. The molecule has 0 fully saturated rings. The van der Waals surface area contributed by atoms with Gasteiger partial charge in [0.25, 0.3) is 0 Å². The van der Waals surface area contributed by atoms with E-state index in [1.165, 1.54) is 0 Å². The van der Waals surface area contributed by atoms with Gasteiger partial charge in [0.15, 0.2) is 0 Å². The van der Waals surface area contributed by atoms with Gasteiger partial charge in [-0.2, -0.15) is 0 Å². The van der Waals surface area contributed by atoms with Crippen molar-refractivity contribution < 1.29 is 11.3 Å². The van der Waals surface area contributed by atoms with Crippen LogP contribution >= 0.6 is 0 Å². The van der Waals surface area contributed by atoms with Gasteiger partial charge >= 0.3 is 0 Å². The van der Waals surface area contributed by atoms with Crippen molar-refractivity contribution >= 4 is 54.3 Å². The molecule has 228 valence electrons. The van der Waals surface area contributed by atoms with E-state index in [9.17, 15) is 0 Å². The standard InChI is InChI=1S/C48H30O/c1-3-14-31(15-4-1)36-27-26-35(29-42(36)32-16-5-2-6-17-32)46-37-20-9-11-22-39(37)47(40-23-12-10-21-38(40)46)41-24-13-25-44-48(41)43-28-33-18-7-8-19-34(33)30-45(43)49-44/h1-30H/i2D,5D,6D,16D,17D. The minimum absolute atomic E-state index is 0.179. The van der Waals surface area contributed by atoms with E-state index in [2.05, 4.69) is 97.1 Å². The first-order valence-corrected chi connectivity index (χ1v) is 16.4. The number of hydrogen-bond acceptors (Lipinski definition) is 1. The van der Waals surface area contributed by atoms with Gasteiger partial charge in [-0.15, -0.1) is 0 Å². The van der Waals surface area contributed by atoms with Crippen LogP contribution in [0, 0.1) is 0 Å². The molecule has 1 nitrogen and oxygen atoms in total. The Hall–Kier alpha value is -6.44. The van der Waals surface area contributed by atoms with E-state index in [-0.39, 0.29) is 29.7 Å². The van der Waals surface area contributed by atoms with Gasteiger partial charge in [0.1, 0.15) is 11.2 Å². The lowest BCUT2D eigenvalue weighted by Gasteiger charge is -2.19. The fourth-order valence-electron chi connectivity index (χ4n) is 7.61. The Balaban J connectivity index is 1.30. The largest absolute Gasteiger partial charge is 0.456 e. The van der Waals surface area contributed by atoms with Crippen LogP contribution in [0.1, 0.15) is 6.85 Å². The molecule has 0 spiro atoms. The number of rotatable bonds is 4. The molecule has 0 aliphatic carbocycles. The van der Waals surface area contributed by atoms with Crippen LogP contribution in [0.4, 0.5) is 0 Å². The molecule has 0 unspecified atom stereocenters. The molecule has 0 saturated heterocycles. The molecule has 0 aliphatic heterocycles. The summed E-state index contributed by atoms with van der Waals surface area (Å²) in [6.07, 6.45) is 0. The molecule has 0 bridgehead atoms. The van der Waals surface area contributed by atoms with Crippen LogP contribution in [0.3, 0.4) is 0 Å². The first kappa shape index (κ1) is 23.0. The zero-order valence-corrected chi connectivity index (χ0v) is 26.3. The molecule has 0 aliphatic rings. The summed E-state index contributed by atoms with van der Waals surface area (Å²) in [6, 6.07) is 50.2. The Morgan fingerprint density at radius 2 is 1.00 bits per heavy atom. The van der Waals surface area contributed by atoms with Crippen LogP contribution in [0.2, 0.25) is 0 Å². The monoisotopic (exact) mass is 627 g/mol. The van der Waals surface area contributed by atoms with Crippen molar-refractivity contribution in [3.05, 3.63) is 182 Å². The maximum atomic E-state index is 8.97. The summed E-state index contributed by atoms with van der Waals surface area (Å²) in [5.74, 6) is 0. The summed E-state index contributed by atoms with van der Waals surface area (Å²) >= 11 is 0. The SMILES string of the molecule is [2H]c1c([2H])c([2H])c(-c2cc(-c3c4ccccc4c(-c4cccc5oc6cc7ccccc7cc6c45)c4ccccc34)ccc2-c2ccccc2)c([2H])c1[2H]. The number of hydrogen-bond donors (Lipinski definition) is 0. The highest BCUT2D eigenvalue weighted by molar-refractivity contribution is 6.26. The second-order valence-electron chi connectivity index (χ2n) is 12.4.